The van der Waals surface area contributed by atoms with Crippen molar-refractivity contribution in [2.75, 3.05) is 5.32 Å². The summed E-state index contributed by atoms with van der Waals surface area (Å²) in [6, 6.07) is 5.54. The fourth-order valence-corrected chi connectivity index (χ4v) is 2.71. The molecule has 2 N–H and O–H groups in total. The quantitative estimate of drug-likeness (QED) is 0.831. The van der Waals surface area contributed by atoms with Gasteiger partial charge in [-0.15, -0.1) is 0 Å². The van der Waals surface area contributed by atoms with Crippen molar-refractivity contribution in [1.29, 1.82) is 0 Å². The fourth-order valence-electron chi connectivity index (χ4n) is 2.35. The maximum atomic E-state index is 12.3. The second-order valence-corrected chi connectivity index (χ2v) is 5.75. The van der Waals surface area contributed by atoms with Crippen molar-refractivity contribution in [3.63, 3.8) is 0 Å². The van der Waals surface area contributed by atoms with Gasteiger partial charge in [0.25, 0.3) is 0 Å². The SMILES string of the molecule is Cc1c(Br)cccc1NC(=O)[C@@H]1CC=CC[C@@H]1C(=O)O. The van der Waals surface area contributed by atoms with Crippen LogP contribution in [0, 0.1) is 18.8 Å². The van der Waals surface area contributed by atoms with Crippen LogP contribution in [0.25, 0.3) is 0 Å². The second-order valence-electron chi connectivity index (χ2n) is 4.90. The Balaban J connectivity index is 2.17. The molecule has 1 aliphatic carbocycles. The topological polar surface area (TPSA) is 66.4 Å². The monoisotopic (exact) mass is 337 g/mol. The van der Waals surface area contributed by atoms with E-state index in [0.717, 1.165) is 10.0 Å². The first-order valence-electron chi connectivity index (χ1n) is 6.44. The number of hydrogen-bond acceptors (Lipinski definition) is 2. The molecule has 20 heavy (non-hydrogen) atoms. The molecule has 4 nitrogen and oxygen atoms in total. The fraction of sp³-hybridized carbons (Fsp3) is 0.333. The largest absolute Gasteiger partial charge is 0.481 e. The molecule has 2 atom stereocenters. The average Bonchev–Trinajstić information content (AvgIpc) is 2.43. The first-order valence-corrected chi connectivity index (χ1v) is 7.23. The standard InChI is InChI=1S/C15H16BrNO3/c1-9-12(16)7-4-8-13(9)17-14(18)10-5-2-3-6-11(10)15(19)20/h2-4,7-8,10-11H,5-6H2,1H3,(H,17,18)(H,19,20)/t10-,11+/m1/s1. The lowest BCUT2D eigenvalue weighted by Crippen LogP contribution is -2.34. The molecule has 1 amide bonds. The second kappa shape index (κ2) is 6.22. The lowest BCUT2D eigenvalue weighted by Gasteiger charge is -2.24. The highest BCUT2D eigenvalue weighted by atomic mass is 79.9. The van der Waals surface area contributed by atoms with Crippen molar-refractivity contribution in [2.24, 2.45) is 11.8 Å². The Bertz CT molecular complexity index is 568. The number of anilines is 1. The van der Waals surface area contributed by atoms with Crippen LogP contribution in [0.5, 0.6) is 0 Å². The van der Waals surface area contributed by atoms with Gasteiger partial charge in [-0.3, -0.25) is 9.59 Å². The highest BCUT2D eigenvalue weighted by Gasteiger charge is 2.34. The Morgan fingerprint density at radius 2 is 1.90 bits per heavy atom. The summed E-state index contributed by atoms with van der Waals surface area (Å²) in [7, 11) is 0. The summed E-state index contributed by atoms with van der Waals surface area (Å²) >= 11 is 3.41. The Morgan fingerprint density at radius 1 is 1.25 bits per heavy atom. The van der Waals surface area contributed by atoms with Gasteiger partial charge in [0.15, 0.2) is 0 Å². The van der Waals surface area contributed by atoms with Crippen LogP contribution >= 0.6 is 15.9 Å². The first kappa shape index (κ1) is 14.8. The van der Waals surface area contributed by atoms with E-state index in [1.807, 2.05) is 37.3 Å². The molecule has 0 aliphatic heterocycles. The molecule has 1 aliphatic rings. The third-order valence-electron chi connectivity index (χ3n) is 3.61. The zero-order chi connectivity index (χ0) is 14.7. The summed E-state index contributed by atoms with van der Waals surface area (Å²) in [5.74, 6) is -2.31. The highest BCUT2D eigenvalue weighted by Crippen LogP contribution is 2.29. The predicted octanol–water partition coefficient (Wildman–Crippen LogP) is 3.36. The van der Waals surface area contributed by atoms with Gasteiger partial charge in [0, 0.05) is 10.2 Å². The predicted molar refractivity (Wildman–Crippen MR) is 80.5 cm³/mol. The van der Waals surface area contributed by atoms with Crippen molar-refractivity contribution >= 4 is 33.5 Å². The summed E-state index contributed by atoms with van der Waals surface area (Å²) in [5.41, 5.74) is 1.64. The number of halogens is 1. The number of hydrogen-bond donors (Lipinski definition) is 2. The van der Waals surface area contributed by atoms with Crippen LogP contribution < -0.4 is 5.32 Å². The molecule has 106 valence electrons. The van der Waals surface area contributed by atoms with Crippen molar-refractivity contribution in [3.8, 4) is 0 Å². The van der Waals surface area contributed by atoms with Crippen LogP contribution in [0.2, 0.25) is 0 Å². The van der Waals surface area contributed by atoms with Crippen LogP contribution in [0.3, 0.4) is 0 Å². The molecule has 1 aromatic rings. The van der Waals surface area contributed by atoms with Gasteiger partial charge in [0.1, 0.15) is 0 Å². The molecular formula is C15H16BrNO3. The summed E-state index contributed by atoms with van der Waals surface area (Å²) in [6.45, 7) is 1.90. The summed E-state index contributed by atoms with van der Waals surface area (Å²) in [5, 5.41) is 12.0. The maximum Gasteiger partial charge on any atom is 0.307 e. The number of carbonyl (C=O) groups excluding carboxylic acids is 1. The lowest BCUT2D eigenvalue weighted by molar-refractivity contribution is -0.146. The van der Waals surface area contributed by atoms with E-state index in [9.17, 15) is 14.7 Å². The molecule has 0 saturated heterocycles. The zero-order valence-electron chi connectivity index (χ0n) is 11.1. The number of benzene rings is 1. The minimum Gasteiger partial charge on any atom is -0.481 e. The number of rotatable bonds is 3. The third kappa shape index (κ3) is 3.10. The number of carboxylic acids is 1. The molecule has 1 aromatic carbocycles. The molecule has 0 fully saturated rings. The first-order chi connectivity index (χ1) is 9.50. The third-order valence-corrected chi connectivity index (χ3v) is 4.47. The Kier molecular flexibility index (Phi) is 4.60. The summed E-state index contributed by atoms with van der Waals surface area (Å²) in [6.07, 6.45) is 4.57. The van der Waals surface area contributed by atoms with Gasteiger partial charge < -0.3 is 10.4 Å². The average molecular weight is 338 g/mol. The molecule has 0 spiro atoms. The molecule has 0 bridgehead atoms. The van der Waals surface area contributed by atoms with Gasteiger partial charge in [-0.25, -0.2) is 0 Å². The van der Waals surface area contributed by atoms with Gasteiger partial charge in [0.2, 0.25) is 5.91 Å². The van der Waals surface area contributed by atoms with E-state index in [2.05, 4.69) is 21.2 Å². The molecular weight excluding hydrogens is 322 g/mol. The maximum absolute atomic E-state index is 12.3. The molecule has 0 unspecified atom stereocenters. The molecule has 0 heterocycles. The molecule has 2 rings (SSSR count). The van der Waals surface area contributed by atoms with Crippen molar-refractivity contribution < 1.29 is 14.7 Å². The zero-order valence-corrected chi connectivity index (χ0v) is 12.7. The van der Waals surface area contributed by atoms with E-state index >= 15 is 0 Å². The number of aliphatic carboxylic acids is 1. The van der Waals surface area contributed by atoms with E-state index in [4.69, 9.17) is 0 Å². The summed E-state index contributed by atoms with van der Waals surface area (Å²) < 4.78 is 0.911. The van der Waals surface area contributed by atoms with Crippen LogP contribution in [-0.2, 0) is 9.59 Å². The van der Waals surface area contributed by atoms with E-state index < -0.39 is 17.8 Å². The van der Waals surface area contributed by atoms with Crippen LogP contribution in [0.4, 0.5) is 5.69 Å². The molecule has 5 heteroatoms. The van der Waals surface area contributed by atoms with E-state index in [1.54, 1.807) is 0 Å². The van der Waals surface area contributed by atoms with Crippen LogP contribution in [-0.4, -0.2) is 17.0 Å². The van der Waals surface area contributed by atoms with E-state index in [-0.39, 0.29) is 5.91 Å². The number of carboxylic acid groups (broad SMARTS) is 1. The van der Waals surface area contributed by atoms with Gasteiger partial charge in [-0.1, -0.05) is 34.1 Å². The number of amides is 1. The Labute approximate surface area is 126 Å². The van der Waals surface area contributed by atoms with Gasteiger partial charge in [-0.2, -0.15) is 0 Å². The number of nitrogens with one attached hydrogen (secondary N) is 1. The molecule has 0 radical (unpaired) electrons. The smallest absolute Gasteiger partial charge is 0.307 e. The van der Waals surface area contributed by atoms with Gasteiger partial charge >= 0.3 is 5.97 Å². The normalized spacial score (nSPS) is 21.5. The Morgan fingerprint density at radius 3 is 2.55 bits per heavy atom. The summed E-state index contributed by atoms with van der Waals surface area (Å²) in [4.78, 5) is 23.5. The highest BCUT2D eigenvalue weighted by molar-refractivity contribution is 9.10. The molecule has 0 aromatic heterocycles. The Hall–Kier alpha value is -1.62. The van der Waals surface area contributed by atoms with E-state index in [1.165, 1.54) is 0 Å². The van der Waals surface area contributed by atoms with Crippen molar-refractivity contribution in [1.82, 2.24) is 0 Å². The van der Waals surface area contributed by atoms with Gasteiger partial charge in [0.05, 0.1) is 11.8 Å². The lowest BCUT2D eigenvalue weighted by atomic mass is 9.82. The van der Waals surface area contributed by atoms with Crippen LogP contribution in [0.15, 0.2) is 34.8 Å². The minimum atomic E-state index is -0.916. The van der Waals surface area contributed by atoms with Gasteiger partial charge in [-0.05, 0) is 37.5 Å². The minimum absolute atomic E-state index is 0.233. The number of allylic oxidation sites excluding steroid dienone is 2. The number of carbonyl (C=O) groups is 2. The molecule has 0 saturated carbocycles. The van der Waals surface area contributed by atoms with Crippen molar-refractivity contribution in [3.05, 3.63) is 40.4 Å². The van der Waals surface area contributed by atoms with E-state index in [0.29, 0.717) is 18.5 Å². The van der Waals surface area contributed by atoms with Crippen LogP contribution in [0.1, 0.15) is 18.4 Å². The van der Waals surface area contributed by atoms with Crippen molar-refractivity contribution in [2.45, 2.75) is 19.8 Å².